The van der Waals surface area contributed by atoms with Crippen molar-refractivity contribution in [1.29, 1.82) is 0 Å². The largest absolute Gasteiger partial charge is 0.453 e. The highest BCUT2D eigenvalue weighted by atomic mass is 16.6. The molecule has 0 unspecified atom stereocenters. The lowest BCUT2D eigenvalue weighted by molar-refractivity contribution is -0.130. The average Bonchev–Trinajstić information content (AvgIpc) is 2.71. The molecule has 3 aromatic rings. The number of hydrogen-bond donors (Lipinski definition) is 0. The molecule has 134 valence electrons. The van der Waals surface area contributed by atoms with Gasteiger partial charge < -0.3 is 14.2 Å². The minimum atomic E-state index is -0.631. The molecule has 5 nitrogen and oxygen atoms in total. The number of para-hydroxylation sites is 1. The molecule has 27 heavy (non-hydrogen) atoms. The molecular weight excluding hydrogens is 344 g/mol. The summed E-state index contributed by atoms with van der Waals surface area (Å²) in [5.74, 6) is -0.0141. The van der Waals surface area contributed by atoms with Gasteiger partial charge in [0.05, 0.1) is 0 Å². The van der Waals surface area contributed by atoms with Crippen LogP contribution in [-0.2, 0) is 9.59 Å². The third-order valence-electron chi connectivity index (χ3n) is 3.64. The van der Waals surface area contributed by atoms with Gasteiger partial charge in [0.2, 0.25) is 0 Å². The molecule has 0 radical (unpaired) electrons. The Morgan fingerprint density at radius 2 is 1.33 bits per heavy atom. The van der Waals surface area contributed by atoms with Crippen LogP contribution in [0.15, 0.2) is 86.0 Å². The summed E-state index contributed by atoms with van der Waals surface area (Å²) < 4.78 is 16.7. The Morgan fingerprint density at radius 1 is 0.741 bits per heavy atom. The highest BCUT2D eigenvalue weighted by Gasteiger charge is 2.19. The van der Waals surface area contributed by atoms with Gasteiger partial charge in [-0.3, -0.25) is 0 Å². The molecule has 0 heterocycles. The van der Waals surface area contributed by atoms with E-state index in [2.05, 4.69) is 13.2 Å². The van der Waals surface area contributed by atoms with Gasteiger partial charge in [-0.25, -0.2) is 9.59 Å². The van der Waals surface area contributed by atoms with Crippen LogP contribution in [-0.4, -0.2) is 11.9 Å². The Morgan fingerprint density at radius 3 is 2.00 bits per heavy atom. The fraction of sp³-hybridized carbons (Fsp3) is 0. The Hall–Kier alpha value is -3.86. The zero-order valence-corrected chi connectivity index (χ0v) is 14.4. The Balaban J connectivity index is 2.20. The van der Waals surface area contributed by atoms with E-state index in [1.165, 1.54) is 6.07 Å². The fourth-order valence-corrected chi connectivity index (χ4v) is 2.46. The monoisotopic (exact) mass is 360 g/mol. The fourth-order valence-electron chi connectivity index (χ4n) is 2.46. The van der Waals surface area contributed by atoms with Crippen LogP contribution in [0.4, 0.5) is 0 Å². The summed E-state index contributed by atoms with van der Waals surface area (Å²) >= 11 is 0. The van der Waals surface area contributed by atoms with Gasteiger partial charge in [0.1, 0.15) is 11.5 Å². The highest BCUT2D eigenvalue weighted by molar-refractivity contribution is 5.99. The van der Waals surface area contributed by atoms with Gasteiger partial charge in [-0.15, -0.1) is 0 Å². The normalized spacial score (nSPS) is 10.1. The van der Waals surface area contributed by atoms with E-state index >= 15 is 0 Å². The quantitative estimate of drug-likeness (QED) is 0.358. The zero-order chi connectivity index (χ0) is 19.2. The van der Waals surface area contributed by atoms with Crippen LogP contribution in [0.2, 0.25) is 0 Å². The second-order valence-corrected chi connectivity index (χ2v) is 5.41. The third kappa shape index (κ3) is 4.04. The van der Waals surface area contributed by atoms with Gasteiger partial charge in [-0.1, -0.05) is 55.6 Å². The molecule has 0 saturated heterocycles. The summed E-state index contributed by atoms with van der Waals surface area (Å²) in [6, 6.07) is 17.5. The smallest absolute Gasteiger partial charge is 0.335 e. The summed E-state index contributed by atoms with van der Waals surface area (Å²) in [5, 5.41) is 1.13. The number of benzene rings is 3. The number of fused-ring (bicyclic) bond motifs is 1. The molecule has 0 N–H and O–H groups in total. The predicted octanol–water partition coefficient (Wildman–Crippen LogP) is 4.81. The zero-order valence-electron chi connectivity index (χ0n) is 14.4. The Labute approximate surface area is 156 Å². The molecule has 0 aliphatic carbocycles. The third-order valence-corrected chi connectivity index (χ3v) is 3.64. The minimum absolute atomic E-state index is 0.206. The maximum Gasteiger partial charge on any atom is 0.335 e. The van der Waals surface area contributed by atoms with Crippen molar-refractivity contribution >= 4 is 22.7 Å². The maximum atomic E-state index is 11.8. The molecule has 0 atom stereocenters. The van der Waals surface area contributed by atoms with Crippen LogP contribution in [0.3, 0.4) is 0 Å². The average molecular weight is 360 g/mol. The van der Waals surface area contributed by atoms with Gasteiger partial charge in [-0.05, 0) is 12.1 Å². The number of carbonyl (C=O) groups excluding carboxylic acids is 2. The van der Waals surface area contributed by atoms with Gasteiger partial charge in [0.25, 0.3) is 0 Å². The van der Waals surface area contributed by atoms with Crippen molar-refractivity contribution in [2.75, 3.05) is 0 Å². The van der Waals surface area contributed by atoms with Crippen molar-refractivity contribution < 1.29 is 23.8 Å². The SMILES string of the molecule is C=CC(=O)Oc1cc(Oc2ccccc2)c(OC(=O)C=C)c2ccccc12. The highest BCUT2D eigenvalue weighted by Crippen LogP contribution is 2.43. The first-order valence-corrected chi connectivity index (χ1v) is 8.09. The van der Waals surface area contributed by atoms with Crippen molar-refractivity contribution in [1.82, 2.24) is 0 Å². The van der Waals surface area contributed by atoms with E-state index in [1.54, 1.807) is 36.4 Å². The summed E-state index contributed by atoms with van der Waals surface area (Å²) in [6.45, 7) is 6.83. The van der Waals surface area contributed by atoms with Crippen molar-refractivity contribution in [3.8, 4) is 23.0 Å². The molecule has 0 aromatic heterocycles. The van der Waals surface area contributed by atoms with Gasteiger partial charge in [-0.2, -0.15) is 0 Å². The van der Waals surface area contributed by atoms with Crippen molar-refractivity contribution in [3.05, 3.63) is 86.0 Å². The van der Waals surface area contributed by atoms with Crippen LogP contribution < -0.4 is 14.2 Å². The molecule has 0 aliphatic rings. The van der Waals surface area contributed by atoms with Crippen molar-refractivity contribution in [2.45, 2.75) is 0 Å². The van der Waals surface area contributed by atoms with Crippen molar-refractivity contribution in [3.63, 3.8) is 0 Å². The van der Waals surface area contributed by atoms with Crippen LogP contribution in [0, 0.1) is 0 Å². The summed E-state index contributed by atoms with van der Waals surface area (Å²) in [6.07, 6.45) is 2.13. The number of carbonyl (C=O) groups is 2. The molecule has 0 saturated carbocycles. The topological polar surface area (TPSA) is 61.8 Å². The molecule has 0 aliphatic heterocycles. The maximum absolute atomic E-state index is 11.8. The van der Waals surface area contributed by atoms with Crippen molar-refractivity contribution in [2.24, 2.45) is 0 Å². The first kappa shape index (κ1) is 17.9. The second-order valence-electron chi connectivity index (χ2n) is 5.41. The lowest BCUT2D eigenvalue weighted by atomic mass is 10.1. The number of hydrogen-bond acceptors (Lipinski definition) is 5. The first-order valence-electron chi connectivity index (χ1n) is 8.09. The van der Waals surface area contributed by atoms with E-state index in [0.29, 0.717) is 16.5 Å². The summed E-state index contributed by atoms with van der Waals surface area (Å²) in [4.78, 5) is 23.6. The van der Waals surface area contributed by atoms with E-state index in [-0.39, 0.29) is 17.2 Å². The van der Waals surface area contributed by atoms with E-state index in [1.807, 2.05) is 18.2 Å². The van der Waals surface area contributed by atoms with Gasteiger partial charge >= 0.3 is 11.9 Å². The van der Waals surface area contributed by atoms with Crippen LogP contribution in [0.5, 0.6) is 23.0 Å². The molecule has 5 heteroatoms. The molecule has 0 spiro atoms. The molecular formula is C22H16O5. The van der Waals surface area contributed by atoms with Gasteiger partial charge in [0, 0.05) is 29.0 Å². The summed E-state index contributed by atoms with van der Waals surface area (Å²) in [5.41, 5.74) is 0. The van der Waals surface area contributed by atoms with E-state index in [0.717, 1.165) is 12.2 Å². The summed E-state index contributed by atoms with van der Waals surface area (Å²) in [7, 11) is 0. The Bertz CT molecular complexity index is 1020. The van der Waals surface area contributed by atoms with Crippen LogP contribution in [0.25, 0.3) is 10.8 Å². The first-order chi connectivity index (χ1) is 13.1. The minimum Gasteiger partial charge on any atom is -0.453 e. The molecule has 0 amide bonds. The van der Waals surface area contributed by atoms with Crippen LogP contribution in [0.1, 0.15) is 0 Å². The predicted molar refractivity (Wildman–Crippen MR) is 102 cm³/mol. The number of ether oxygens (including phenoxy) is 3. The molecule has 3 aromatic carbocycles. The lowest BCUT2D eigenvalue weighted by Crippen LogP contribution is -2.07. The number of rotatable bonds is 6. The Kier molecular flexibility index (Phi) is 5.33. The molecule has 0 fully saturated rings. The van der Waals surface area contributed by atoms with E-state index < -0.39 is 11.9 Å². The number of esters is 2. The standard InChI is InChI=1S/C22H16O5/c1-3-20(23)26-18-14-19(25-15-10-6-5-7-11-15)22(27-21(24)4-2)17-13-9-8-12-16(17)18/h3-14H,1-2H2. The lowest BCUT2D eigenvalue weighted by Gasteiger charge is -2.16. The van der Waals surface area contributed by atoms with E-state index in [4.69, 9.17) is 14.2 Å². The molecule has 3 rings (SSSR count). The van der Waals surface area contributed by atoms with Crippen LogP contribution >= 0.6 is 0 Å². The second kappa shape index (κ2) is 8.01. The van der Waals surface area contributed by atoms with Gasteiger partial charge in [0.15, 0.2) is 11.5 Å². The molecule has 0 bridgehead atoms. The van der Waals surface area contributed by atoms with E-state index in [9.17, 15) is 9.59 Å².